The van der Waals surface area contributed by atoms with E-state index in [1.54, 1.807) is 0 Å². The molecule has 0 radical (unpaired) electrons. The monoisotopic (exact) mass is 452 g/mol. The first kappa shape index (κ1) is 22.0. The van der Waals surface area contributed by atoms with Crippen LogP contribution in [0.1, 0.15) is 65.2 Å². The van der Waals surface area contributed by atoms with Crippen molar-refractivity contribution >= 4 is 29.9 Å². The third-order valence-electron chi connectivity index (χ3n) is 5.17. The molecule has 1 heterocycles. The second kappa shape index (κ2) is 11.5. The molecule has 1 aliphatic heterocycles. The summed E-state index contributed by atoms with van der Waals surface area (Å²) in [6.07, 6.45) is 8.99. The molecule has 0 aromatic heterocycles. The smallest absolute Gasteiger partial charge is 0.191 e. The first-order chi connectivity index (χ1) is 11.1. The van der Waals surface area contributed by atoms with Gasteiger partial charge >= 0.3 is 0 Å². The van der Waals surface area contributed by atoms with E-state index in [4.69, 9.17) is 0 Å². The van der Waals surface area contributed by atoms with Crippen LogP contribution in [-0.2, 0) is 0 Å². The molecule has 0 amide bonds. The fourth-order valence-electron chi connectivity index (χ4n) is 3.61. The summed E-state index contributed by atoms with van der Waals surface area (Å²) in [7, 11) is 0. The molecule has 3 N–H and O–H groups in total. The third-order valence-corrected chi connectivity index (χ3v) is 5.17. The standard InChI is InChI=1S/C18H36N4O.HI/c1-3-5-12-22-13-8-16(9-14-22)21-17(19-4-2)20-15-18(23)10-6-7-11-18;/h16,23H,3-15H2,1-2H3,(H2,19,20,21);1H. The number of guanidine groups is 1. The number of aliphatic imine (C=N–C) groups is 1. The highest BCUT2D eigenvalue weighted by atomic mass is 127. The van der Waals surface area contributed by atoms with Crippen LogP contribution in [0.4, 0.5) is 0 Å². The van der Waals surface area contributed by atoms with E-state index in [1.165, 1.54) is 45.3 Å². The van der Waals surface area contributed by atoms with Crippen LogP contribution in [0.2, 0.25) is 0 Å². The summed E-state index contributed by atoms with van der Waals surface area (Å²) in [4.78, 5) is 7.24. The van der Waals surface area contributed by atoms with E-state index in [-0.39, 0.29) is 24.0 Å². The zero-order valence-corrected chi connectivity index (χ0v) is 17.8. The summed E-state index contributed by atoms with van der Waals surface area (Å²) in [6.45, 7) is 9.34. The average Bonchev–Trinajstić information content (AvgIpc) is 2.99. The van der Waals surface area contributed by atoms with Crippen molar-refractivity contribution < 1.29 is 5.11 Å². The molecule has 1 saturated carbocycles. The molecule has 2 fully saturated rings. The molecule has 0 aromatic rings. The van der Waals surface area contributed by atoms with Gasteiger partial charge in [0.1, 0.15) is 0 Å². The Morgan fingerprint density at radius 1 is 1.21 bits per heavy atom. The van der Waals surface area contributed by atoms with Crippen LogP contribution in [-0.4, -0.2) is 60.3 Å². The Labute approximate surface area is 165 Å². The molecule has 142 valence electrons. The van der Waals surface area contributed by atoms with Crippen molar-refractivity contribution in [1.82, 2.24) is 15.5 Å². The van der Waals surface area contributed by atoms with E-state index in [0.29, 0.717) is 12.6 Å². The number of nitrogens with one attached hydrogen (secondary N) is 2. The normalized spacial score (nSPS) is 22.2. The Bertz CT molecular complexity index is 364. The second-order valence-electron chi connectivity index (χ2n) is 7.24. The summed E-state index contributed by atoms with van der Waals surface area (Å²) in [5.41, 5.74) is -0.564. The van der Waals surface area contributed by atoms with Crippen LogP contribution in [0.5, 0.6) is 0 Å². The Hall–Kier alpha value is -0.0800. The molecule has 2 aliphatic rings. The highest BCUT2D eigenvalue weighted by Gasteiger charge is 2.31. The van der Waals surface area contributed by atoms with E-state index in [1.807, 2.05) is 0 Å². The van der Waals surface area contributed by atoms with Gasteiger partial charge in [0.15, 0.2) is 5.96 Å². The first-order valence-electron chi connectivity index (χ1n) is 9.65. The lowest BCUT2D eigenvalue weighted by atomic mass is 10.0. The lowest BCUT2D eigenvalue weighted by Gasteiger charge is -2.33. The molecule has 0 unspecified atom stereocenters. The number of aliphatic hydroxyl groups is 1. The van der Waals surface area contributed by atoms with Gasteiger partial charge in [0, 0.05) is 25.7 Å². The van der Waals surface area contributed by atoms with Gasteiger partial charge in [0.2, 0.25) is 0 Å². The Morgan fingerprint density at radius 2 is 1.88 bits per heavy atom. The van der Waals surface area contributed by atoms with Crippen LogP contribution >= 0.6 is 24.0 Å². The topological polar surface area (TPSA) is 59.9 Å². The predicted octanol–water partition coefficient (Wildman–Crippen LogP) is 2.73. The highest BCUT2D eigenvalue weighted by molar-refractivity contribution is 14.0. The van der Waals surface area contributed by atoms with Gasteiger partial charge in [0.25, 0.3) is 0 Å². The van der Waals surface area contributed by atoms with Gasteiger partial charge in [-0.25, -0.2) is 0 Å². The predicted molar refractivity (Wildman–Crippen MR) is 112 cm³/mol. The van der Waals surface area contributed by atoms with E-state index < -0.39 is 5.60 Å². The second-order valence-corrected chi connectivity index (χ2v) is 7.24. The van der Waals surface area contributed by atoms with E-state index in [9.17, 15) is 5.11 Å². The van der Waals surface area contributed by atoms with Crippen molar-refractivity contribution in [3.8, 4) is 0 Å². The van der Waals surface area contributed by atoms with Crippen molar-refractivity contribution in [2.45, 2.75) is 76.9 Å². The van der Waals surface area contributed by atoms with Crippen molar-refractivity contribution in [2.24, 2.45) is 4.99 Å². The van der Waals surface area contributed by atoms with Crippen LogP contribution < -0.4 is 10.6 Å². The molecule has 6 heteroatoms. The summed E-state index contributed by atoms with van der Waals surface area (Å²) in [6, 6.07) is 0.504. The lowest BCUT2D eigenvalue weighted by Crippen LogP contribution is -2.49. The van der Waals surface area contributed by atoms with Crippen molar-refractivity contribution in [3.05, 3.63) is 0 Å². The molecule has 0 aromatic carbocycles. The number of piperidine rings is 1. The molecule has 24 heavy (non-hydrogen) atoms. The zero-order chi connectivity index (χ0) is 16.5. The molecule has 0 spiro atoms. The number of unbranched alkanes of at least 4 members (excludes halogenated alkanes) is 1. The molecule has 0 atom stereocenters. The van der Waals surface area contributed by atoms with Gasteiger partial charge in [0.05, 0.1) is 12.1 Å². The maximum Gasteiger partial charge on any atom is 0.191 e. The molecule has 1 saturated heterocycles. The summed E-state index contributed by atoms with van der Waals surface area (Å²) in [5, 5.41) is 17.4. The SMILES string of the molecule is CCCCN1CCC(NC(=NCC2(O)CCCC2)NCC)CC1.I. The van der Waals surface area contributed by atoms with Crippen molar-refractivity contribution in [3.63, 3.8) is 0 Å². The van der Waals surface area contributed by atoms with Crippen LogP contribution in [0.15, 0.2) is 4.99 Å². The minimum absolute atomic E-state index is 0. The number of hydrogen-bond acceptors (Lipinski definition) is 3. The Morgan fingerprint density at radius 3 is 2.46 bits per heavy atom. The maximum absolute atomic E-state index is 10.5. The number of nitrogens with zero attached hydrogens (tertiary/aromatic N) is 2. The first-order valence-corrected chi connectivity index (χ1v) is 9.65. The van der Waals surface area contributed by atoms with Crippen molar-refractivity contribution in [1.29, 1.82) is 0 Å². The fraction of sp³-hybridized carbons (Fsp3) is 0.944. The van der Waals surface area contributed by atoms with E-state index in [0.717, 1.165) is 38.2 Å². The molecular formula is C18H37IN4O. The highest BCUT2D eigenvalue weighted by Crippen LogP contribution is 2.29. The zero-order valence-electron chi connectivity index (χ0n) is 15.5. The van der Waals surface area contributed by atoms with Gasteiger partial charge in [-0.05, 0) is 45.6 Å². The van der Waals surface area contributed by atoms with Gasteiger partial charge in [-0.1, -0.05) is 26.2 Å². The van der Waals surface area contributed by atoms with Crippen LogP contribution in [0.3, 0.4) is 0 Å². The largest absolute Gasteiger partial charge is 0.388 e. The minimum atomic E-state index is -0.564. The third kappa shape index (κ3) is 7.44. The van der Waals surface area contributed by atoms with Gasteiger partial charge in [-0.15, -0.1) is 24.0 Å². The van der Waals surface area contributed by atoms with Crippen molar-refractivity contribution in [2.75, 3.05) is 32.7 Å². The maximum atomic E-state index is 10.5. The Kier molecular flexibility index (Phi) is 10.5. The van der Waals surface area contributed by atoms with Crippen LogP contribution in [0.25, 0.3) is 0 Å². The molecule has 5 nitrogen and oxygen atoms in total. The average molecular weight is 452 g/mol. The van der Waals surface area contributed by atoms with Gasteiger partial charge < -0.3 is 20.6 Å². The molecule has 2 rings (SSSR count). The fourth-order valence-corrected chi connectivity index (χ4v) is 3.61. The number of rotatable bonds is 7. The van der Waals surface area contributed by atoms with Gasteiger partial charge in [-0.2, -0.15) is 0 Å². The number of halogens is 1. The van der Waals surface area contributed by atoms with E-state index in [2.05, 4.69) is 34.4 Å². The quantitative estimate of drug-likeness (QED) is 0.316. The molecule has 0 bridgehead atoms. The molecular weight excluding hydrogens is 415 g/mol. The van der Waals surface area contributed by atoms with E-state index >= 15 is 0 Å². The summed E-state index contributed by atoms with van der Waals surface area (Å²) in [5.74, 6) is 0.875. The number of hydrogen-bond donors (Lipinski definition) is 3. The molecule has 1 aliphatic carbocycles. The Balaban J connectivity index is 0.00000288. The lowest BCUT2D eigenvalue weighted by molar-refractivity contribution is 0.0573. The minimum Gasteiger partial charge on any atom is -0.388 e. The van der Waals surface area contributed by atoms with Gasteiger partial charge in [-0.3, -0.25) is 4.99 Å². The number of likely N-dealkylation sites (tertiary alicyclic amines) is 1. The van der Waals surface area contributed by atoms with Crippen LogP contribution in [0, 0.1) is 0 Å². The summed E-state index contributed by atoms with van der Waals surface area (Å²) >= 11 is 0. The summed E-state index contributed by atoms with van der Waals surface area (Å²) < 4.78 is 0.